The van der Waals surface area contributed by atoms with Gasteiger partial charge in [0.2, 0.25) is 6.79 Å². The molecule has 0 atom stereocenters. The molecule has 0 unspecified atom stereocenters. The Labute approximate surface area is 127 Å². The van der Waals surface area contributed by atoms with Gasteiger partial charge in [-0.1, -0.05) is 23.7 Å². The van der Waals surface area contributed by atoms with Gasteiger partial charge in [-0.15, -0.1) is 0 Å². The first-order valence-electron chi connectivity index (χ1n) is 6.87. The number of benzene rings is 2. The molecular formula is C16H14ClNO3. The quantitative estimate of drug-likeness (QED) is 0.940. The van der Waals surface area contributed by atoms with Gasteiger partial charge in [-0.05, 0) is 17.2 Å². The maximum absolute atomic E-state index is 6.25. The Bertz CT molecular complexity index is 702. The van der Waals surface area contributed by atoms with E-state index < -0.39 is 0 Å². The van der Waals surface area contributed by atoms with E-state index in [1.807, 2.05) is 12.1 Å². The Morgan fingerprint density at radius 2 is 1.86 bits per heavy atom. The van der Waals surface area contributed by atoms with Crippen LogP contribution in [0.3, 0.4) is 0 Å². The molecule has 0 saturated carbocycles. The van der Waals surface area contributed by atoms with Gasteiger partial charge in [-0.3, -0.25) is 0 Å². The van der Waals surface area contributed by atoms with Crippen molar-refractivity contribution in [2.24, 2.45) is 0 Å². The van der Waals surface area contributed by atoms with Crippen LogP contribution in [0.5, 0.6) is 17.2 Å². The van der Waals surface area contributed by atoms with E-state index in [2.05, 4.69) is 17.4 Å². The van der Waals surface area contributed by atoms with Gasteiger partial charge in [0.05, 0.1) is 17.3 Å². The Kier molecular flexibility index (Phi) is 3.04. The highest BCUT2D eigenvalue weighted by atomic mass is 35.5. The van der Waals surface area contributed by atoms with Gasteiger partial charge in [0.15, 0.2) is 11.5 Å². The lowest BCUT2D eigenvalue weighted by Gasteiger charge is -2.10. The van der Waals surface area contributed by atoms with Crippen LogP contribution < -0.4 is 19.5 Å². The second-order valence-corrected chi connectivity index (χ2v) is 5.49. The van der Waals surface area contributed by atoms with Gasteiger partial charge in [-0.2, -0.15) is 0 Å². The van der Waals surface area contributed by atoms with Crippen LogP contribution in [0.15, 0.2) is 30.3 Å². The van der Waals surface area contributed by atoms with Crippen molar-refractivity contribution in [1.82, 2.24) is 0 Å². The van der Waals surface area contributed by atoms with E-state index in [0.717, 1.165) is 30.2 Å². The molecule has 0 fully saturated rings. The topological polar surface area (TPSA) is 39.7 Å². The van der Waals surface area contributed by atoms with Crippen LogP contribution in [-0.4, -0.2) is 13.4 Å². The minimum Gasteiger partial charge on any atom is -0.493 e. The molecule has 0 spiro atoms. The average Bonchev–Trinajstić information content (AvgIpc) is 3.12. The zero-order valence-corrected chi connectivity index (χ0v) is 12.1. The first-order chi connectivity index (χ1) is 10.3. The minimum absolute atomic E-state index is 0.250. The zero-order chi connectivity index (χ0) is 14.2. The third-order valence-corrected chi connectivity index (χ3v) is 4.01. The molecule has 2 aromatic rings. The van der Waals surface area contributed by atoms with Crippen LogP contribution in [-0.2, 0) is 13.0 Å². The van der Waals surface area contributed by atoms with Crippen LogP contribution in [0.4, 0.5) is 5.69 Å². The molecule has 21 heavy (non-hydrogen) atoms. The highest BCUT2D eigenvalue weighted by molar-refractivity contribution is 6.33. The molecule has 0 bridgehead atoms. The molecule has 0 amide bonds. The molecule has 2 aliphatic heterocycles. The highest BCUT2D eigenvalue weighted by Crippen LogP contribution is 2.39. The number of fused-ring (bicyclic) bond motifs is 2. The van der Waals surface area contributed by atoms with Crippen molar-refractivity contribution in [3.05, 3.63) is 46.5 Å². The number of halogens is 1. The summed E-state index contributed by atoms with van der Waals surface area (Å²) in [4.78, 5) is 0. The van der Waals surface area contributed by atoms with E-state index in [1.54, 1.807) is 6.07 Å². The largest absolute Gasteiger partial charge is 0.493 e. The zero-order valence-electron chi connectivity index (χ0n) is 11.3. The number of hydrogen-bond donors (Lipinski definition) is 1. The summed E-state index contributed by atoms with van der Waals surface area (Å²) < 4.78 is 16.2. The van der Waals surface area contributed by atoms with Crippen molar-refractivity contribution in [3.63, 3.8) is 0 Å². The van der Waals surface area contributed by atoms with Crippen molar-refractivity contribution in [1.29, 1.82) is 0 Å². The van der Waals surface area contributed by atoms with Crippen LogP contribution in [0.2, 0.25) is 5.02 Å². The highest BCUT2D eigenvalue weighted by Gasteiger charge is 2.17. The fourth-order valence-corrected chi connectivity index (χ4v) is 2.82. The van der Waals surface area contributed by atoms with E-state index in [9.17, 15) is 0 Å². The third-order valence-electron chi connectivity index (χ3n) is 3.70. The summed E-state index contributed by atoms with van der Waals surface area (Å²) in [5.41, 5.74) is 3.32. The minimum atomic E-state index is 0.250. The molecule has 0 saturated heterocycles. The fraction of sp³-hybridized carbons (Fsp3) is 0.250. The molecule has 2 aromatic carbocycles. The molecule has 0 aliphatic carbocycles. The Hall–Kier alpha value is -2.07. The number of hydrogen-bond acceptors (Lipinski definition) is 4. The first kappa shape index (κ1) is 12.7. The van der Waals surface area contributed by atoms with Crippen LogP contribution in [0.1, 0.15) is 11.1 Å². The van der Waals surface area contributed by atoms with E-state index in [1.165, 1.54) is 11.1 Å². The molecule has 2 aliphatic rings. The van der Waals surface area contributed by atoms with Gasteiger partial charge in [-0.25, -0.2) is 0 Å². The van der Waals surface area contributed by atoms with Crippen molar-refractivity contribution in [3.8, 4) is 17.2 Å². The number of rotatable bonds is 3. The summed E-state index contributed by atoms with van der Waals surface area (Å²) in [6.45, 7) is 1.73. The summed E-state index contributed by atoms with van der Waals surface area (Å²) in [6.07, 6.45) is 0.980. The van der Waals surface area contributed by atoms with Crippen LogP contribution in [0.25, 0.3) is 0 Å². The SMILES string of the molecule is Clc1cc2c(cc1NCc1ccc3c(c1)CCO3)OCO2. The molecule has 0 radical (unpaired) electrons. The predicted molar refractivity (Wildman–Crippen MR) is 80.5 cm³/mol. The second kappa shape index (κ2) is 5.04. The first-order valence-corrected chi connectivity index (χ1v) is 7.25. The Balaban J connectivity index is 1.52. The molecule has 2 heterocycles. The molecule has 4 nitrogen and oxygen atoms in total. The standard InChI is InChI=1S/C16H14ClNO3/c17-12-6-15-16(21-9-20-15)7-13(12)18-8-10-1-2-14-11(5-10)3-4-19-14/h1-2,5-7,18H,3-4,8-9H2. The van der Waals surface area contributed by atoms with Gasteiger partial charge < -0.3 is 19.5 Å². The molecule has 108 valence electrons. The maximum Gasteiger partial charge on any atom is 0.231 e. The lowest BCUT2D eigenvalue weighted by molar-refractivity contribution is 0.174. The molecule has 4 rings (SSSR count). The maximum atomic E-state index is 6.25. The van der Waals surface area contributed by atoms with E-state index in [4.69, 9.17) is 25.8 Å². The van der Waals surface area contributed by atoms with Crippen LogP contribution >= 0.6 is 11.6 Å². The molecule has 1 N–H and O–H groups in total. The van der Waals surface area contributed by atoms with Gasteiger partial charge >= 0.3 is 0 Å². The summed E-state index contributed by atoms with van der Waals surface area (Å²) in [5, 5.41) is 3.97. The third kappa shape index (κ3) is 2.36. The van der Waals surface area contributed by atoms with Crippen molar-refractivity contribution >= 4 is 17.3 Å². The number of nitrogens with one attached hydrogen (secondary N) is 1. The van der Waals surface area contributed by atoms with E-state index >= 15 is 0 Å². The number of ether oxygens (including phenoxy) is 3. The molecule has 0 aromatic heterocycles. The predicted octanol–water partition coefficient (Wildman–Crippen LogP) is 3.62. The normalized spacial score (nSPS) is 14.7. The van der Waals surface area contributed by atoms with Crippen molar-refractivity contribution in [2.45, 2.75) is 13.0 Å². The fourth-order valence-electron chi connectivity index (χ4n) is 2.60. The smallest absolute Gasteiger partial charge is 0.231 e. The number of anilines is 1. The van der Waals surface area contributed by atoms with Crippen molar-refractivity contribution in [2.75, 3.05) is 18.7 Å². The van der Waals surface area contributed by atoms with Crippen LogP contribution in [0, 0.1) is 0 Å². The Morgan fingerprint density at radius 3 is 2.76 bits per heavy atom. The lowest BCUT2D eigenvalue weighted by atomic mass is 10.1. The van der Waals surface area contributed by atoms with Gasteiger partial charge in [0.1, 0.15) is 5.75 Å². The monoisotopic (exact) mass is 303 g/mol. The summed E-state index contributed by atoms with van der Waals surface area (Å²) in [5.74, 6) is 2.42. The summed E-state index contributed by atoms with van der Waals surface area (Å²) in [6, 6.07) is 9.93. The molecule has 5 heteroatoms. The molecular weight excluding hydrogens is 290 g/mol. The van der Waals surface area contributed by atoms with Gasteiger partial charge in [0, 0.05) is 25.1 Å². The van der Waals surface area contributed by atoms with Crippen molar-refractivity contribution < 1.29 is 14.2 Å². The summed E-state index contributed by atoms with van der Waals surface area (Å²) >= 11 is 6.25. The average molecular weight is 304 g/mol. The van der Waals surface area contributed by atoms with E-state index in [0.29, 0.717) is 17.3 Å². The Morgan fingerprint density at radius 1 is 1.00 bits per heavy atom. The van der Waals surface area contributed by atoms with Gasteiger partial charge in [0.25, 0.3) is 0 Å². The second-order valence-electron chi connectivity index (χ2n) is 5.08. The summed E-state index contributed by atoms with van der Waals surface area (Å²) in [7, 11) is 0. The lowest BCUT2D eigenvalue weighted by Crippen LogP contribution is -2.00. The van der Waals surface area contributed by atoms with E-state index in [-0.39, 0.29) is 6.79 Å².